The predicted molar refractivity (Wildman–Crippen MR) is 150 cm³/mol. The largest absolute Gasteiger partial charge is 0.344 e. The van der Waals surface area contributed by atoms with E-state index in [1.165, 1.54) is 34.7 Å². The zero-order valence-corrected chi connectivity index (χ0v) is 21.7. The fourth-order valence-electron chi connectivity index (χ4n) is 6.20. The van der Waals surface area contributed by atoms with Gasteiger partial charge in [-0.3, -0.25) is 0 Å². The minimum absolute atomic E-state index is 0.322. The van der Waals surface area contributed by atoms with E-state index >= 15 is 0 Å². The Hall–Kier alpha value is -3.48. The maximum Gasteiger partial charge on any atom is 0.124 e. The molecule has 37 heavy (non-hydrogen) atoms. The molecule has 6 nitrogen and oxygen atoms in total. The first-order chi connectivity index (χ1) is 18.0. The Kier molecular flexibility index (Phi) is 5.41. The lowest BCUT2D eigenvalue weighted by atomic mass is 9.99. The second kappa shape index (κ2) is 8.82. The maximum atomic E-state index is 5.02. The summed E-state index contributed by atoms with van der Waals surface area (Å²) in [5.74, 6) is 2.11. The van der Waals surface area contributed by atoms with Crippen LogP contribution in [0.2, 0.25) is 0 Å². The molecular formula is C31H34N6. The average Bonchev–Trinajstić information content (AvgIpc) is 3.70. The summed E-state index contributed by atoms with van der Waals surface area (Å²) in [5, 5.41) is 9.68. The van der Waals surface area contributed by atoms with Crippen LogP contribution in [0.15, 0.2) is 54.6 Å². The van der Waals surface area contributed by atoms with Crippen molar-refractivity contribution in [3.63, 3.8) is 0 Å². The van der Waals surface area contributed by atoms with Crippen LogP contribution in [0.25, 0.3) is 44.2 Å². The predicted octanol–water partition coefficient (Wildman–Crippen LogP) is 6.71. The molecule has 2 aromatic heterocycles. The van der Waals surface area contributed by atoms with Crippen molar-refractivity contribution < 1.29 is 0 Å². The van der Waals surface area contributed by atoms with E-state index in [4.69, 9.17) is 9.97 Å². The van der Waals surface area contributed by atoms with Crippen LogP contribution in [0.4, 0.5) is 0 Å². The van der Waals surface area contributed by atoms with Gasteiger partial charge in [-0.05, 0) is 75.1 Å². The van der Waals surface area contributed by atoms with Gasteiger partial charge in [0.15, 0.2) is 0 Å². The van der Waals surface area contributed by atoms with Gasteiger partial charge in [0.1, 0.15) is 11.6 Å². The van der Waals surface area contributed by atoms with Gasteiger partial charge in [-0.15, -0.1) is 0 Å². The number of hydrogen-bond acceptors (Lipinski definition) is 4. The van der Waals surface area contributed by atoms with Gasteiger partial charge in [-0.25, -0.2) is 9.97 Å². The second-order valence-electron chi connectivity index (χ2n) is 11.1. The summed E-state index contributed by atoms with van der Waals surface area (Å²) < 4.78 is 0. The molecule has 0 spiro atoms. The molecular weight excluding hydrogens is 456 g/mol. The van der Waals surface area contributed by atoms with E-state index in [0.29, 0.717) is 24.2 Å². The molecule has 4 heterocycles. The molecule has 5 aromatic rings. The van der Waals surface area contributed by atoms with Crippen LogP contribution < -0.4 is 10.6 Å². The third-order valence-corrected chi connectivity index (χ3v) is 8.29. The van der Waals surface area contributed by atoms with Crippen molar-refractivity contribution in [3.8, 4) is 22.4 Å². The first-order valence-corrected chi connectivity index (χ1v) is 13.6. The van der Waals surface area contributed by atoms with E-state index in [1.54, 1.807) is 0 Å². The van der Waals surface area contributed by atoms with Gasteiger partial charge < -0.3 is 20.6 Å². The number of imidazole rings is 2. The summed E-state index contributed by atoms with van der Waals surface area (Å²) in [5.41, 5.74) is 7.91. The smallest absolute Gasteiger partial charge is 0.124 e. The number of aryl methyl sites for hydroxylation is 1. The molecule has 0 radical (unpaired) electrons. The lowest BCUT2D eigenvalue weighted by Gasteiger charge is -2.08. The number of aromatic amines is 2. The molecule has 0 bridgehead atoms. The number of benzene rings is 3. The van der Waals surface area contributed by atoms with Crippen molar-refractivity contribution in [2.24, 2.45) is 0 Å². The molecule has 3 aromatic carbocycles. The van der Waals surface area contributed by atoms with E-state index in [9.17, 15) is 0 Å². The summed E-state index contributed by atoms with van der Waals surface area (Å²) in [7, 11) is 0. The van der Waals surface area contributed by atoms with E-state index in [-0.39, 0.29) is 0 Å². The number of rotatable bonds is 4. The van der Waals surface area contributed by atoms with E-state index in [1.807, 2.05) is 0 Å². The zero-order chi connectivity index (χ0) is 25.1. The Morgan fingerprint density at radius 2 is 1.32 bits per heavy atom. The van der Waals surface area contributed by atoms with Crippen LogP contribution in [-0.2, 0) is 0 Å². The molecule has 0 unspecified atom stereocenters. The summed E-state index contributed by atoms with van der Waals surface area (Å²) in [4.78, 5) is 17.1. The topological polar surface area (TPSA) is 81.4 Å². The Labute approximate surface area is 217 Å². The molecule has 7 rings (SSSR count). The van der Waals surface area contributed by atoms with E-state index in [0.717, 1.165) is 52.5 Å². The van der Waals surface area contributed by atoms with Gasteiger partial charge in [0.25, 0.3) is 0 Å². The molecule has 4 atom stereocenters. The van der Waals surface area contributed by atoms with Crippen LogP contribution in [-0.4, -0.2) is 32.0 Å². The molecule has 0 amide bonds. The van der Waals surface area contributed by atoms with E-state index < -0.39 is 0 Å². The summed E-state index contributed by atoms with van der Waals surface area (Å²) in [6.07, 6.45) is 4.67. The van der Waals surface area contributed by atoms with Crippen LogP contribution in [0.5, 0.6) is 0 Å². The highest BCUT2D eigenvalue weighted by molar-refractivity contribution is 6.05. The fourth-order valence-corrected chi connectivity index (χ4v) is 6.20. The van der Waals surface area contributed by atoms with Gasteiger partial charge in [-0.1, -0.05) is 42.5 Å². The normalized spacial score (nSPS) is 24.0. The van der Waals surface area contributed by atoms with Gasteiger partial charge in [0.05, 0.1) is 28.8 Å². The quantitative estimate of drug-likeness (QED) is 0.226. The standard InChI is InChI=1S/C31H34N6/c1-17-4-13-26(32-17)30-34-19(3)28(36-30)21-8-6-20(7-9-21)22-10-12-24-23(16-22)11-15-25-29(24)37-31(35-25)27-14-5-18(2)33-27/h6-12,15-18,26-27,32-33H,4-5,13-14H2,1-3H3,(H,34,36)(H,35,37)/t17-,18-,26-,27-/m0/s1. The second-order valence-corrected chi connectivity index (χ2v) is 11.1. The van der Waals surface area contributed by atoms with Gasteiger partial charge in [0, 0.05) is 28.7 Å². The molecule has 0 aliphatic carbocycles. The number of hydrogen-bond donors (Lipinski definition) is 4. The van der Waals surface area contributed by atoms with Crippen LogP contribution in [0, 0.1) is 6.92 Å². The number of fused-ring (bicyclic) bond motifs is 3. The highest BCUT2D eigenvalue weighted by Gasteiger charge is 2.26. The zero-order valence-electron chi connectivity index (χ0n) is 21.7. The minimum atomic E-state index is 0.322. The van der Waals surface area contributed by atoms with Gasteiger partial charge in [-0.2, -0.15) is 0 Å². The molecule has 2 fully saturated rings. The lowest BCUT2D eigenvalue weighted by molar-refractivity contribution is 0.563. The Balaban J connectivity index is 1.17. The molecule has 188 valence electrons. The van der Waals surface area contributed by atoms with Crippen molar-refractivity contribution in [2.75, 3.05) is 0 Å². The average molecular weight is 491 g/mol. The van der Waals surface area contributed by atoms with Crippen LogP contribution in [0.3, 0.4) is 0 Å². The first kappa shape index (κ1) is 22.7. The molecule has 4 N–H and O–H groups in total. The summed E-state index contributed by atoms with van der Waals surface area (Å²) in [6, 6.07) is 21.6. The van der Waals surface area contributed by atoms with Crippen molar-refractivity contribution in [3.05, 3.63) is 71.9 Å². The third-order valence-electron chi connectivity index (χ3n) is 8.29. The Bertz CT molecular complexity index is 1590. The molecule has 2 aliphatic rings. The molecule has 2 aliphatic heterocycles. The van der Waals surface area contributed by atoms with Crippen LogP contribution >= 0.6 is 0 Å². The molecule has 6 heteroatoms. The Morgan fingerprint density at radius 3 is 2.00 bits per heavy atom. The van der Waals surface area contributed by atoms with Gasteiger partial charge in [0.2, 0.25) is 0 Å². The van der Waals surface area contributed by atoms with Crippen molar-refractivity contribution in [1.82, 2.24) is 30.6 Å². The number of nitrogens with zero attached hydrogens (tertiary/aromatic N) is 2. The summed E-state index contributed by atoms with van der Waals surface area (Å²) in [6.45, 7) is 6.60. The van der Waals surface area contributed by atoms with Crippen molar-refractivity contribution >= 4 is 21.8 Å². The minimum Gasteiger partial charge on any atom is -0.344 e. The van der Waals surface area contributed by atoms with Crippen molar-refractivity contribution in [2.45, 2.75) is 70.6 Å². The highest BCUT2D eigenvalue weighted by Crippen LogP contribution is 2.33. The monoisotopic (exact) mass is 490 g/mol. The molecule has 2 saturated heterocycles. The lowest BCUT2D eigenvalue weighted by Crippen LogP contribution is -2.21. The van der Waals surface area contributed by atoms with Crippen LogP contribution in [0.1, 0.15) is 69.0 Å². The van der Waals surface area contributed by atoms with Gasteiger partial charge >= 0.3 is 0 Å². The number of nitrogens with one attached hydrogen (secondary N) is 4. The number of H-pyrrole nitrogens is 2. The first-order valence-electron chi connectivity index (χ1n) is 13.6. The van der Waals surface area contributed by atoms with Crippen molar-refractivity contribution in [1.29, 1.82) is 0 Å². The molecule has 0 saturated carbocycles. The third kappa shape index (κ3) is 4.05. The summed E-state index contributed by atoms with van der Waals surface area (Å²) >= 11 is 0. The highest BCUT2D eigenvalue weighted by atomic mass is 15.1. The SMILES string of the molecule is Cc1[nH]c([C@@H]2CC[C@H](C)N2)nc1-c1ccc(-c2ccc3c(ccc4[nH]c([C@@H]5CC[C@H](C)N5)nc43)c2)cc1. The number of aromatic nitrogens is 4. The van der Waals surface area contributed by atoms with E-state index in [2.05, 4.69) is 96.0 Å². The maximum absolute atomic E-state index is 5.02. The Morgan fingerprint density at radius 1 is 0.676 bits per heavy atom. The fraction of sp³-hybridized carbons (Fsp3) is 0.355.